The summed E-state index contributed by atoms with van der Waals surface area (Å²) in [6, 6.07) is 0. The molecule has 1 rings (SSSR count). The van der Waals surface area contributed by atoms with E-state index in [1.807, 2.05) is 12.4 Å². The van der Waals surface area contributed by atoms with Crippen molar-refractivity contribution >= 4 is 15.9 Å². The molecule has 4 heteroatoms. The maximum absolute atomic E-state index is 3.40. The van der Waals surface area contributed by atoms with Crippen LogP contribution in [0.1, 0.15) is 12.2 Å². The fourth-order valence-electron chi connectivity index (χ4n) is 0.920. The molecule has 1 heterocycles. The van der Waals surface area contributed by atoms with E-state index in [9.17, 15) is 0 Å². The number of aryl methyl sites for hydroxylation is 2. The zero-order valence-corrected chi connectivity index (χ0v) is 8.82. The summed E-state index contributed by atoms with van der Waals surface area (Å²) in [5.41, 5.74) is 0. The van der Waals surface area contributed by atoms with E-state index in [4.69, 9.17) is 0 Å². The molecule has 0 fully saturated rings. The molecule has 0 aliphatic heterocycles. The first kappa shape index (κ1) is 11.0. The van der Waals surface area contributed by atoms with Gasteiger partial charge in [0.05, 0.1) is 7.05 Å². The highest BCUT2D eigenvalue weighted by molar-refractivity contribution is 9.09. The summed E-state index contributed by atoms with van der Waals surface area (Å²) in [7, 11) is 2.06. The van der Waals surface area contributed by atoms with E-state index in [0.29, 0.717) is 0 Å². The highest BCUT2D eigenvalue weighted by Crippen LogP contribution is 1.95. The van der Waals surface area contributed by atoms with Gasteiger partial charge in [-0.2, -0.15) is 0 Å². The summed E-state index contributed by atoms with van der Waals surface area (Å²) >= 11 is 3.40. The molecule has 0 atom stereocenters. The average Bonchev–Trinajstić information content (AvgIpc) is 2.31. The molecule has 2 nitrogen and oxygen atoms in total. The van der Waals surface area contributed by atoms with Crippen molar-refractivity contribution in [1.29, 1.82) is 0 Å². The lowest BCUT2D eigenvalue weighted by Gasteiger charge is -1.90. The summed E-state index contributed by atoms with van der Waals surface area (Å²) in [5, 5.41) is 1.08. The predicted octanol–water partition coefficient (Wildman–Crippen LogP) is -1.83. The Morgan fingerprint density at radius 3 is 2.82 bits per heavy atom. The molecule has 0 unspecified atom stereocenters. The van der Waals surface area contributed by atoms with Crippen molar-refractivity contribution in [2.24, 2.45) is 7.05 Å². The Hall–Kier alpha value is -0.0200. The number of hydrogen-bond acceptors (Lipinski definition) is 0. The first-order valence-electron chi connectivity index (χ1n) is 3.42. The number of aromatic nitrogens is 2. The van der Waals surface area contributed by atoms with Gasteiger partial charge in [0.2, 0.25) is 0 Å². The van der Waals surface area contributed by atoms with Crippen LogP contribution in [0, 0.1) is 0 Å². The topological polar surface area (TPSA) is 19.7 Å². The third-order valence-electron chi connectivity index (χ3n) is 1.52. The van der Waals surface area contributed by atoms with E-state index >= 15 is 0 Å². The second-order valence-corrected chi connectivity index (χ2v) is 3.10. The normalized spacial score (nSPS) is 9.27. The molecule has 0 aliphatic carbocycles. The third-order valence-corrected chi connectivity index (χ3v) is 2.08. The van der Waals surface area contributed by atoms with Gasteiger partial charge in [-0.25, -0.2) is 9.55 Å². The van der Waals surface area contributed by atoms with Gasteiger partial charge in [0.15, 0.2) is 0 Å². The van der Waals surface area contributed by atoms with Gasteiger partial charge in [-0.3, -0.25) is 0 Å². The minimum absolute atomic E-state index is 0. The van der Waals surface area contributed by atoms with Gasteiger partial charge in [-0.1, -0.05) is 15.9 Å². The molecule has 0 aromatic carbocycles. The zero-order chi connectivity index (χ0) is 7.40. The van der Waals surface area contributed by atoms with Crippen LogP contribution in [0.3, 0.4) is 0 Å². The molecule has 11 heavy (non-hydrogen) atoms. The zero-order valence-electron chi connectivity index (χ0n) is 6.48. The van der Waals surface area contributed by atoms with E-state index in [1.165, 1.54) is 12.2 Å². The molecule has 0 saturated heterocycles. The summed E-state index contributed by atoms with van der Waals surface area (Å²) in [5.74, 6) is 1.29. The van der Waals surface area contributed by atoms with Crippen LogP contribution in [-0.2, 0) is 13.5 Å². The predicted molar refractivity (Wildman–Crippen MR) is 44.1 cm³/mol. The van der Waals surface area contributed by atoms with Gasteiger partial charge in [0.1, 0.15) is 12.4 Å². The minimum Gasteiger partial charge on any atom is -1.00 e. The van der Waals surface area contributed by atoms with Crippen molar-refractivity contribution in [3.63, 3.8) is 0 Å². The van der Waals surface area contributed by atoms with Crippen molar-refractivity contribution in [1.82, 2.24) is 4.98 Å². The summed E-state index contributed by atoms with van der Waals surface area (Å²) in [6.07, 6.45) is 6.30. The van der Waals surface area contributed by atoms with Crippen molar-refractivity contribution in [3.8, 4) is 0 Å². The van der Waals surface area contributed by atoms with Crippen LogP contribution in [0.5, 0.6) is 0 Å². The van der Waals surface area contributed by atoms with Crippen LogP contribution in [0.4, 0.5) is 0 Å². The van der Waals surface area contributed by atoms with Gasteiger partial charge in [0, 0.05) is 11.8 Å². The monoisotopic (exact) mass is 238 g/mol. The first-order chi connectivity index (χ1) is 4.84. The number of nitrogens with zero attached hydrogens (tertiary/aromatic N) is 1. The summed E-state index contributed by atoms with van der Waals surface area (Å²) in [6.45, 7) is 0. The van der Waals surface area contributed by atoms with E-state index in [-0.39, 0.29) is 12.4 Å². The smallest absolute Gasteiger partial charge is 0.253 e. The quantitative estimate of drug-likeness (QED) is 0.473. The number of nitrogens with one attached hydrogen (secondary N) is 1. The van der Waals surface area contributed by atoms with Gasteiger partial charge in [-0.15, -0.1) is 0 Å². The van der Waals surface area contributed by atoms with E-state index < -0.39 is 0 Å². The van der Waals surface area contributed by atoms with Gasteiger partial charge < -0.3 is 12.4 Å². The molecule has 0 radical (unpaired) electrons. The van der Waals surface area contributed by atoms with Crippen molar-refractivity contribution < 1.29 is 17.0 Å². The Labute approximate surface area is 81.6 Å². The van der Waals surface area contributed by atoms with Crippen LogP contribution in [0.2, 0.25) is 0 Å². The van der Waals surface area contributed by atoms with Gasteiger partial charge >= 0.3 is 0 Å². The summed E-state index contributed by atoms with van der Waals surface area (Å²) < 4.78 is 2.11. The van der Waals surface area contributed by atoms with Crippen LogP contribution >= 0.6 is 15.9 Å². The number of H-pyrrole nitrogens is 1. The molecule has 0 aliphatic rings. The lowest BCUT2D eigenvalue weighted by molar-refractivity contribution is -0.677. The Morgan fingerprint density at radius 2 is 2.36 bits per heavy atom. The summed E-state index contributed by atoms with van der Waals surface area (Å²) in [4.78, 5) is 3.18. The van der Waals surface area contributed by atoms with E-state index in [0.717, 1.165) is 11.8 Å². The molecule has 1 N–H and O–H groups in total. The Balaban J connectivity index is 0.000001000. The van der Waals surface area contributed by atoms with Crippen LogP contribution < -0.4 is 17.0 Å². The molecule has 0 spiro atoms. The molecule has 1 aromatic rings. The minimum atomic E-state index is 0. The Kier molecular flexibility index (Phi) is 5.60. The second-order valence-electron chi connectivity index (χ2n) is 2.31. The molecule has 0 bridgehead atoms. The van der Waals surface area contributed by atoms with Crippen LogP contribution in [0.15, 0.2) is 12.4 Å². The van der Waals surface area contributed by atoms with E-state index in [1.54, 1.807) is 0 Å². The number of halogens is 2. The number of imidazole rings is 1. The molecule has 1 aromatic heterocycles. The van der Waals surface area contributed by atoms with E-state index in [2.05, 4.69) is 32.5 Å². The maximum atomic E-state index is 3.40. The molecular formula is C7H12BrClN2. The van der Waals surface area contributed by atoms with Crippen molar-refractivity contribution in [2.75, 3.05) is 5.33 Å². The second kappa shape index (κ2) is 5.61. The van der Waals surface area contributed by atoms with Crippen molar-refractivity contribution in [3.05, 3.63) is 18.2 Å². The lowest BCUT2D eigenvalue weighted by atomic mass is 10.3. The fourth-order valence-corrected chi connectivity index (χ4v) is 1.20. The number of aromatic amines is 1. The molecule has 64 valence electrons. The SMILES string of the molecule is C[n+]1cc[nH]c1CCCBr.[Cl-]. The van der Waals surface area contributed by atoms with Crippen LogP contribution in [0.25, 0.3) is 0 Å². The maximum Gasteiger partial charge on any atom is 0.253 e. The highest BCUT2D eigenvalue weighted by Gasteiger charge is 2.03. The Morgan fingerprint density at radius 1 is 1.64 bits per heavy atom. The fraction of sp³-hybridized carbons (Fsp3) is 0.571. The number of rotatable bonds is 3. The lowest BCUT2D eigenvalue weighted by Crippen LogP contribution is -3.00. The van der Waals surface area contributed by atoms with Crippen LogP contribution in [-0.4, -0.2) is 10.3 Å². The molecule has 0 saturated carbocycles. The highest BCUT2D eigenvalue weighted by atomic mass is 79.9. The average molecular weight is 240 g/mol. The standard InChI is InChI=1S/C7H11BrN2.ClH/c1-10-6-5-9-7(10)3-2-4-8;/h5-6H,2-4H2,1H3;1H. The largest absolute Gasteiger partial charge is 1.00 e. The van der Waals surface area contributed by atoms with Gasteiger partial charge in [-0.05, 0) is 6.42 Å². The molecule has 0 amide bonds. The number of hydrogen-bond donors (Lipinski definition) is 1. The first-order valence-corrected chi connectivity index (χ1v) is 4.54. The Bertz CT molecular complexity index is 200. The van der Waals surface area contributed by atoms with Crippen molar-refractivity contribution in [2.45, 2.75) is 12.8 Å². The van der Waals surface area contributed by atoms with Gasteiger partial charge in [0.25, 0.3) is 5.82 Å². The molecular weight excluding hydrogens is 227 g/mol. The number of alkyl halides is 1. The third kappa shape index (κ3) is 3.25.